The van der Waals surface area contributed by atoms with E-state index in [1.165, 1.54) is 6.21 Å². The first-order valence-electron chi connectivity index (χ1n) is 12.8. The molecule has 0 radical (unpaired) electrons. The molecule has 2 heterocycles. The maximum atomic E-state index is 14.5. The Morgan fingerprint density at radius 1 is 1.18 bits per heavy atom. The quantitative estimate of drug-likeness (QED) is 0.441. The molecule has 12 heteroatoms. The molecule has 0 unspecified atom stereocenters. The number of imidazole rings is 1. The van der Waals surface area contributed by atoms with Gasteiger partial charge in [0, 0.05) is 43.2 Å². The topological polar surface area (TPSA) is 110 Å². The van der Waals surface area contributed by atoms with Gasteiger partial charge in [-0.05, 0) is 39.5 Å². The number of nitrogens with two attached hydrogens (primary N) is 1. The van der Waals surface area contributed by atoms with Gasteiger partial charge in [-0.15, -0.1) is 0 Å². The average molecular weight is 534 g/mol. The van der Waals surface area contributed by atoms with Gasteiger partial charge in [-0.1, -0.05) is 6.58 Å². The van der Waals surface area contributed by atoms with Gasteiger partial charge in [0.05, 0.1) is 19.4 Å². The average Bonchev–Trinajstić information content (AvgIpc) is 3.19. The van der Waals surface area contributed by atoms with Crippen LogP contribution in [0.1, 0.15) is 51.3 Å². The summed E-state index contributed by atoms with van der Waals surface area (Å²) in [6, 6.07) is 1.12. The third-order valence-corrected chi connectivity index (χ3v) is 6.75. The van der Waals surface area contributed by atoms with Crippen molar-refractivity contribution < 1.29 is 22.7 Å². The summed E-state index contributed by atoms with van der Waals surface area (Å²) in [7, 11) is 0. The van der Waals surface area contributed by atoms with Gasteiger partial charge in [0.25, 0.3) is 0 Å². The van der Waals surface area contributed by atoms with E-state index in [1.54, 1.807) is 4.57 Å². The van der Waals surface area contributed by atoms with Crippen molar-refractivity contribution in [1.29, 1.82) is 0 Å². The summed E-state index contributed by atoms with van der Waals surface area (Å²) in [6.07, 6.45) is 3.93. The molecule has 0 spiro atoms. The molecule has 2 aromatic rings. The molecule has 9 nitrogen and oxygen atoms in total. The van der Waals surface area contributed by atoms with E-state index >= 15 is 0 Å². The van der Waals surface area contributed by atoms with E-state index in [-0.39, 0.29) is 41.4 Å². The van der Waals surface area contributed by atoms with Gasteiger partial charge in [-0.25, -0.2) is 23.1 Å². The maximum Gasteiger partial charge on any atom is 0.225 e. The van der Waals surface area contributed by atoms with E-state index in [1.807, 2.05) is 18.7 Å². The number of carbonyl (C=O) groups excluding carboxylic acids is 1. The van der Waals surface area contributed by atoms with E-state index < -0.39 is 23.1 Å². The molecular formula is C26H34F3N7O2. The number of halogens is 3. The molecule has 0 atom stereocenters. The third-order valence-electron chi connectivity index (χ3n) is 6.75. The summed E-state index contributed by atoms with van der Waals surface area (Å²) in [5, 5.41) is 5.72. The molecule has 1 saturated carbocycles. The summed E-state index contributed by atoms with van der Waals surface area (Å²) in [4.78, 5) is 23.5. The van der Waals surface area contributed by atoms with Crippen molar-refractivity contribution >= 4 is 29.6 Å². The zero-order chi connectivity index (χ0) is 27.4. The lowest BCUT2D eigenvalue weighted by Gasteiger charge is -2.34. The van der Waals surface area contributed by atoms with Gasteiger partial charge in [0.1, 0.15) is 28.8 Å². The largest absolute Gasteiger partial charge is 0.383 e. The van der Waals surface area contributed by atoms with Gasteiger partial charge in [-0.2, -0.15) is 0 Å². The Morgan fingerprint density at radius 2 is 1.82 bits per heavy atom. The first kappa shape index (κ1) is 27.5. The Bertz CT molecular complexity index is 1180. The fraction of sp³-hybridized carbons (Fsp3) is 0.500. The van der Waals surface area contributed by atoms with E-state index in [9.17, 15) is 18.0 Å². The van der Waals surface area contributed by atoms with Crippen LogP contribution in [0.4, 0.5) is 30.6 Å². The van der Waals surface area contributed by atoms with Crippen molar-refractivity contribution in [2.24, 2.45) is 10.9 Å². The van der Waals surface area contributed by atoms with E-state index in [2.05, 4.69) is 27.2 Å². The number of morpholine rings is 1. The highest BCUT2D eigenvalue weighted by atomic mass is 19.1. The molecule has 1 aliphatic heterocycles. The predicted molar refractivity (Wildman–Crippen MR) is 140 cm³/mol. The number of nitrogens with one attached hydrogen (secondary N) is 2. The SMILES string of the molecule is C=C(/N=C\c1nc(Nc2c(F)cc(F)cc2F)n([C@H]2CC[C@@H](C(=O)N3CCOCC3)CC2)c1N)NC(C)C. The number of ether oxygens (including phenoxy) is 1. The molecule has 1 aromatic heterocycles. The number of hydrogen-bond acceptors (Lipinski definition) is 7. The number of aromatic nitrogens is 2. The van der Waals surface area contributed by atoms with Crippen LogP contribution in [0.3, 0.4) is 0 Å². The van der Waals surface area contributed by atoms with E-state index in [4.69, 9.17) is 10.5 Å². The van der Waals surface area contributed by atoms with Crippen molar-refractivity contribution in [2.75, 3.05) is 37.4 Å². The minimum Gasteiger partial charge on any atom is -0.383 e. The van der Waals surface area contributed by atoms with Crippen LogP contribution in [0, 0.1) is 23.4 Å². The van der Waals surface area contributed by atoms with Crippen molar-refractivity contribution in [2.45, 2.75) is 51.6 Å². The van der Waals surface area contributed by atoms with Gasteiger partial charge in [0.15, 0.2) is 11.6 Å². The second-order valence-corrected chi connectivity index (χ2v) is 9.89. The molecule has 206 valence electrons. The molecule has 0 bridgehead atoms. The zero-order valence-electron chi connectivity index (χ0n) is 21.6. The van der Waals surface area contributed by atoms with Crippen LogP contribution < -0.4 is 16.4 Å². The molecule has 38 heavy (non-hydrogen) atoms. The summed E-state index contributed by atoms with van der Waals surface area (Å²) in [5.74, 6) is -2.45. The molecule has 2 fully saturated rings. The summed E-state index contributed by atoms with van der Waals surface area (Å²) < 4.78 is 49.4. The van der Waals surface area contributed by atoms with Crippen molar-refractivity contribution in [1.82, 2.24) is 19.8 Å². The Balaban J connectivity index is 1.59. The Kier molecular flexibility index (Phi) is 8.60. The molecule has 1 saturated heterocycles. The van der Waals surface area contributed by atoms with Gasteiger partial charge in [0.2, 0.25) is 11.9 Å². The van der Waals surface area contributed by atoms with Crippen LogP contribution >= 0.6 is 0 Å². The Hall–Kier alpha value is -3.54. The van der Waals surface area contributed by atoms with Gasteiger partial charge in [-0.3, -0.25) is 9.36 Å². The molecule has 1 aromatic carbocycles. The fourth-order valence-electron chi connectivity index (χ4n) is 4.92. The number of carbonyl (C=O) groups is 1. The van der Waals surface area contributed by atoms with Crippen LogP contribution in [0.15, 0.2) is 29.5 Å². The summed E-state index contributed by atoms with van der Waals surface area (Å²) in [5.41, 5.74) is 6.22. The predicted octanol–water partition coefficient (Wildman–Crippen LogP) is 4.10. The minimum absolute atomic E-state index is 0.0961. The normalized spacial score (nSPS) is 20.2. The zero-order valence-corrected chi connectivity index (χ0v) is 21.6. The number of nitrogens with zero attached hydrogens (tertiary/aromatic N) is 4. The van der Waals surface area contributed by atoms with Crippen LogP contribution in [0.2, 0.25) is 0 Å². The number of benzene rings is 1. The lowest BCUT2D eigenvalue weighted by Crippen LogP contribution is -2.44. The number of amides is 1. The monoisotopic (exact) mass is 533 g/mol. The smallest absolute Gasteiger partial charge is 0.225 e. The third kappa shape index (κ3) is 6.29. The lowest BCUT2D eigenvalue weighted by atomic mass is 9.85. The summed E-state index contributed by atoms with van der Waals surface area (Å²) in [6.45, 7) is 10.00. The van der Waals surface area contributed by atoms with Gasteiger partial charge < -0.3 is 26.0 Å². The highest BCUT2D eigenvalue weighted by Gasteiger charge is 2.33. The maximum absolute atomic E-state index is 14.5. The highest BCUT2D eigenvalue weighted by molar-refractivity contribution is 5.85. The Morgan fingerprint density at radius 3 is 2.42 bits per heavy atom. The molecule has 2 aliphatic rings. The number of hydrogen-bond donors (Lipinski definition) is 3. The fourth-order valence-corrected chi connectivity index (χ4v) is 4.92. The van der Waals surface area contributed by atoms with Crippen LogP contribution in [-0.4, -0.2) is 58.9 Å². The van der Waals surface area contributed by atoms with Crippen molar-refractivity contribution in [3.63, 3.8) is 0 Å². The Labute approximate surface area is 219 Å². The second kappa shape index (κ2) is 11.9. The first-order valence-corrected chi connectivity index (χ1v) is 12.8. The number of aliphatic imine (C=N–C) groups is 1. The van der Waals surface area contributed by atoms with Crippen LogP contribution in [0.5, 0.6) is 0 Å². The van der Waals surface area contributed by atoms with Crippen molar-refractivity contribution in [3.8, 4) is 0 Å². The van der Waals surface area contributed by atoms with Crippen LogP contribution in [-0.2, 0) is 9.53 Å². The van der Waals surface area contributed by atoms with Crippen molar-refractivity contribution in [3.05, 3.63) is 47.7 Å². The van der Waals surface area contributed by atoms with E-state index in [0.29, 0.717) is 69.9 Å². The molecular weight excluding hydrogens is 499 g/mol. The summed E-state index contributed by atoms with van der Waals surface area (Å²) >= 11 is 0. The van der Waals surface area contributed by atoms with E-state index in [0.717, 1.165) is 0 Å². The standard InChI is InChI=1S/C26H34F3N7O2/c1-15(2)32-16(3)31-14-22-24(30)36(26(33-22)34-23-20(28)12-18(27)13-21(23)29)19-6-4-17(5-7-19)25(37)35-8-10-38-11-9-35/h12-15,17,19,32H,3-11,30H2,1-2H3,(H,33,34)/b31-14-/t17-,19+. The number of anilines is 3. The lowest BCUT2D eigenvalue weighted by molar-refractivity contribution is -0.140. The molecule has 4 rings (SSSR count). The highest BCUT2D eigenvalue weighted by Crippen LogP contribution is 2.38. The minimum atomic E-state index is -1.10. The number of nitrogen functional groups attached to an aromatic ring is 1. The number of rotatable bonds is 8. The second-order valence-electron chi connectivity index (χ2n) is 9.89. The van der Waals surface area contributed by atoms with Crippen LogP contribution in [0.25, 0.3) is 0 Å². The molecule has 4 N–H and O–H groups in total. The molecule has 1 amide bonds. The van der Waals surface area contributed by atoms with Gasteiger partial charge >= 0.3 is 0 Å². The molecule has 1 aliphatic carbocycles. The first-order chi connectivity index (χ1) is 18.1.